The van der Waals surface area contributed by atoms with Gasteiger partial charge in [-0.2, -0.15) is 0 Å². The molecule has 0 radical (unpaired) electrons. The number of hydrogen-bond acceptors (Lipinski definition) is 7. The first-order valence-corrected chi connectivity index (χ1v) is 13.2. The maximum absolute atomic E-state index is 13.5. The lowest BCUT2D eigenvalue weighted by atomic mass is 9.96. The largest absolute Gasteiger partial charge is 0.508 e. The molecule has 10 N–H and O–H groups in total. The minimum Gasteiger partial charge on any atom is -0.508 e. The van der Waals surface area contributed by atoms with Crippen LogP contribution in [0.2, 0.25) is 0 Å². The molecule has 39 heavy (non-hydrogen) atoms. The van der Waals surface area contributed by atoms with E-state index in [1.165, 1.54) is 12.1 Å². The number of rotatable bonds is 15. The van der Waals surface area contributed by atoms with Crippen LogP contribution in [0, 0.1) is 5.92 Å². The molecule has 0 aromatic heterocycles. The van der Waals surface area contributed by atoms with Crippen LogP contribution >= 0.6 is 0 Å². The molecule has 1 aromatic carbocycles. The van der Waals surface area contributed by atoms with Crippen molar-refractivity contribution in [3.8, 4) is 5.75 Å². The SMILES string of the molecule is CCC(C)C(NC(=O)C(Cc1ccc(O)cc1)NC(=O)C1CCCN1)C(=O)NC(CCCN=C(N)N)C(=O)O. The van der Waals surface area contributed by atoms with Gasteiger partial charge in [-0.15, -0.1) is 0 Å². The molecule has 1 aliphatic heterocycles. The Kier molecular flexibility index (Phi) is 12.5. The highest BCUT2D eigenvalue weighted by molar-refractivity contribution is 5.94. The summed E-state index contributed by atoms with van der Waals surface area (Å²) in [5.41, 5.74) is 11.3. The van der Waals surface area contributed by atoms with Crippen molar-refractivity contribution in [1.29, 1.82) is 0 Å². The number of aliphatic carboxylic acids is 1. The summed E-state index contributed by atoms with van der Waals surface area (Å²) in [5.74, 6) is -3.12. The van der Waals surface area contributed by atoms with Crippen LogP contribution in [0.4, 0.5) is 0 Å². The minimum atomic E-state index is -1.22. The van der Waals surface area contributed by atoms with Gasteiger partial charge in [0.25, 0.3) is 0 Å². The first-order valence-electron chi connectivity index (χ1n) is 13.2. The second-order valence-electron chi connectivity index (χ2n) is 9.80. The third-order valence-electron chi connectivity index (χ3n) is 6.74. The predicted octanol–water partition coefficient (Wildman–Crippen LogP) is -0.675. The average Bonchev–Trinajstić information content (AvgIpc) is 3.44. The molecule has 0 saturated carbocycles. The number of nitrogens with zero attached hydrogens (tertiary/aromatic N) is 1. The average molecular weight is 548 g/mol. The molecule has 0 aliphatic carbocycles. The number of phenolic OH excluding ortho intramolecular Hbond substituents is 1. The molecule has 3 amide bonds. The van der Waals surface area contributed by atoms with Gasteiger partial charge in [0.05, 0.1) is 6.04 Å². The molecule has 1 fully saturated rings. The molecule has 13 heteroatoms. The van der Waals surface area contributed by atoms with E-state index in [1.807, 2.05) is 6.92 Å². The van der Waals surface area contributed by atoms with Crippen molar-refractivity contribution in [3.63, 3.8) is 0 Å². The number of carboxylic acids is 1. The Hall–Kier alpha value is -3.87. The molecule has 2 rings (SSSR count). The summed E-state index contributed by atoms with van der Waals surface area (Å²) in [7, 11) is 0. The van der Waals surface area contributed by atoms with Crippen LogP contribution in [0.3, 0.4) is 0 Å². The first-order chi connectivity index (χ1) is 18.5. The lowest BCUT2D eigenvalue weighted by Gasteiger charge is -2.28. The lowest BCUT2D eigenvalue weighted by molar-refractivity contribution is -0.143. The molecule has 13 nitrogen and oxygen atoms in total. The van der Waals surface area contributed by atoms with E-state index in [0.29, 0.717) is 31.4 Å². The van der Waals surface area contributed by atoms with Gasteiger partial charge >= 0.3 is 5.97 Å². The van der Waals surface area contributed by atoms with Crippen LogP contribution in [0.5, 0.6) is 5.75 Å². The summed E-state index contributed by atoms with van der Waals surface area (Å²) in [5, 5.41) is 30.4. The molecule has 216 valence electrons. The van der Waals surface area contributed by atoms with Crippen LogP contribution in [-0.2, 0) is 25.6 Å². The summed E-state index contributed by atoms with van der Waals surface area (Å²) < 4.78 is 0. The van der Waals surface area contributed by atoms with E-state index in [4.69, 9.17) is 11.5 Å². The van der Waals surface area contributed by atoms with Gasteiger partial charge < -0.3 is 42.9 Å². The summed E-state index contributed by atoms with van der Waals surface area (Å²) in [6.45, 7) is 4.54. The smallest absolute Gasteiger partial charge is 0.326 e. The fraction of sp³-hybridized carbons (Fsp3) is 0.577. The molecule has 1 saturated heterocycles. The van der Waals surface area contributed by atoms with Crippen LogP contribution in [0.15, 0.2) is 29.3 Å². The van der Waals surface area contributed by atoms with Gasteiger partial charge in [-0.25, -0.2) is 4.79 Å². The molecule has 1 aromatic rings. The van der Waals surface area contributed by atoms with E-state index >= 15 is 0 Å². The molecule has 1 aliphatic rings. The van der Waals surface area contributed by atoms with Crippen molar-refractivity contribution in [2.24, 2.45) is 22.4 Å². The summed E-state index contributed by atoms with van der Waals surface area (Å²) in [4.78, 5) is 55.1. The zero-order valence-electron chi connectivity index (χ0n) is 22.5. The molecule has 5 atom stereocenters. The van der Waals surface area contributed by atoms with Gasteiger partial charge in [-0.3, -0.25) is 19.4 Å². The van der Waals surface area contributed by atoms with E-state index in [1.54, 1.807) is 19.1 Å². The second kappa shape index (κ2) is 15.5. The zero-order valence-corrected chi connectivity index (χ0v) is 22.5. The Morgan fingerprint density at radius 3 is 2.33 bits per heavy atom. The molecule has 5 unspecified atom stereocenters. The van der Waals surface area contributed by atoms with Gasteiger partial charge in [-0.1, -0.05) is 32.4 Å². The highest BCUT2D eigenvalue weighted by atomic mass is 16.4. The third kappa shape index (κ3) is 10.4. The monoisotopic (exact) mass is 547 g/mol. The molecular weight excluding hydrogens is 506 g/mol. The number of nitrogens with two attached hydrogens (primary N) is 2. The van der Waals surface area contributed by atoms with Crippen LogP contribution in [0.1, 0.15) is 51.5 Å². The van der Waals surface area contributed by atoms with Crippen molar-refractivity contribution in [1.82, 2.24) is 21.3 Å². The summed E-state index contributed by atoms with van der Waals surface area (Å²) in [6, 6.07) is 2.62. The Morgan fingerprint density at radius 1 is 1.08 bits per heavy atom. The number of benzene rings is 1. The molecule has 0 bridgehead atoms. The Labute approximate surface area is 228 Å². The van der Waals surface area contributed by atoms with Crippen molar-refractivity contribution in [2.45, 2.75) is 76.5 Å². The third-order valence-corrected chi connectivity index (χ3v) is 6.74. The number of hydrogen-bond donors (Lipinski definition) is 8. The minimum absolute atomic E-state index is 0.0683. The highest BCUT2D eigenvalue weighted by Gasteiger charge is 2.33. The van der Waals surface area contributed by atoms with Crippen molar-refractivity contribution in [3.05, 3.63) is 29.8 Å². The van der Waals surface area contributed by atoms with Crippen molar-refractivity contribution >= 4 is 29.7 Å². The standard InChI is InChI=1S/C26H41N7O6/c1-3-15(2)21(24(37)31-19(25(38)39)7-5-13-30-26(27)28)33-23(36)20(14-16-8-10-17(34)11-9-16)32-22(35)18-6-4-12-29-18/h8-11,15,18-21,29,34H,3-7,12-14H2,1-2H3,(H,31,37)(H,32,35)(H,33,36)(H,38,39)(H4,27,28,30). The number of nitrogens with one attached hydrogen (secondary N) is 4. The predicted molar refractivity (Wildman–Crippen MR) is 146 cm³/mol. The van der Waals surface area contributed by atoms with Gasteiger partial charge in [-0.05, 0) is 55.8 Å². The van der Waals surface area contributed by atoms with Crippen LogP contribution < -0.4 is 32.7 Å². The molecular formula is C26H41N7O6. The first kappa shape index (κ1) is 31.3. The van der Waals surface area contributed by atoms with Gasteiger partial charge in [0, 0.05) is 13.0 Å². The summed E-state index contributed by atoms with van der Waals surface area (Å²) in [6.07, 6.45) is 2.57. The highest BCUT2D eigenvalue weighted by Crippen LogP contribution is 2.14. The maximum atomic E-state index is 13.5. The normalized spacial score (nSPS) is 17.7. The fourth-order valence-corrected chi connectivity index (χ4v) is 4.24. The van der Waals surface area contributed by atoms with E-state index in [9.17, 15) is 29.4 Å². The van der Waals surface area contributed by atoms with Crippen molar-refractivity contribution in [2.75, 3.05) is 13.1 Å². The molecule has 1 heterocycles. The number of carbonyl (C=O) groups is 4. The number of carboxylic acid groups (broad SMARTS) is 1. The van der Waals surface area contributed by atoms with Crippen LogP contribution in [0.25, 0.3) is 0 Å². The second-order valence-corrected chi connectivity index (χ2v) is 9.80. The van der Waals surface area contributed by atoms with Gasteiger partial charge in [0.15, 0.2) is 5.96 Å². The van der Waals surface area contributed by atoms with Crippen molar-refractivity contribution < 1.29 is 29.4 Å². The van der Waals surface area contributed by atoms with Gasteiger partial charge in [0.2, 0.25) is 17.7 Å². The number of guanidine groups is 1. The quantitative estimate of drug-likeness (QED) is 0.0791. The Morgan fingerprint density at radius 2 is 1.77 bits per heavy atom. The van der Waals surface area contributed by atoms with Gasteiger partial charge in [0.1, 0.15) is 23.9 Å². The number of carbonyl (C=O) groups excluding carboxylic acids is 3. The lowest BCUT2D eigenvalue weighted by Crippen LogP contribution is -2.59. The van der Waals surface area contributed by atoms with E-state index < -0.39 is 42.0 Å². The van der Waals surface area contributed by atoms with E-state index in [-0.39, 0.29) is 42.9 Å². The van der Waals surface area contributed by atoms with E-state index in [2.05, 4.69) is 26.3 Å². The fourth-order valence-electron chi connectivity index (χ4n) is 4.24. The van der Waals surface area contributed by atoms with Crippen LogP contribution in [-0.4, -0.2) is 77.1 Å². The Bertz CT molecular complexity index is 1010. The Balaban J connectivity index is 2.17. The number of phenols is 1. The number of aromatic hydroxyl groups is 1. The topological polar surface area (TPSA) is 221 Å². The molecule has 0 spiro atoms. The van der Waals surface area contributed by atoms with E-state index in [0.717, 1.165) is 6.42 Å². The summed E-state index contributed by atoms with van der Waals surface area (Å²) >= 11 is 0. The zero-order chi connectivity index (χ0) is 28.9. The number of amides is 3. The maximum Gasteiger partial charge on any atom is 0.326 e. The number of aliphatic imine (C=N–C) groups is 1.